The number of nitrogens with one attached hydrogen (secondary N) is 1. The van der Waals surface area contributed by atoms with Gasteiger partial charge in [-0.25, -0.2) is 9.97 Å². The van der Waals surface area contributed by atoms with Gasteiger partial charge < -0.3 is 15.3 Å². The van der Waals surface area contributed by atoms with Crippen molar-refractivity contribution in [2.45, 2.75) is 32.8 Å². The molecule has 9 heteroatoms. The molecule has 172 valence electrons. The summed E-state index contributed by atoms with van der Waals surface area (Å²) in [5.41, 5.74) is 3.84. The molecule has 0 amide bonds. The number of aryl methyl sites for hydroxylation is 1. The molecule has 5 rings (SSSR count). The fourth-order valence-electron chi connectivity index (χ4n) is 4.08. The van der Waals surface area contributed by atoms with Crippen molar-refractivity contribution in [2.75, 3.05) is 23.8 Å². The highest BCUT2D eigenvalue weighted by Gasteiger charge is 2.44. The normalized spacial score (nSPS) is 15.0. The first-order valence-corrected chi connectivity index (χ1v) is 11.2. The standard InChI is InChI=1S/C25H26N8O/c1-16-4-8-22(31-30-16)28-18-5-7-20-21(12-18)33(15-27-20)23-9-6-19(17(2)34)24(29-23)32(3)14-25(13-26)10-11-25/h4-9,12,15,17,34H,10-11,14H2,1-3H3,(H,28,31). The van der Waals surface area contributed by atoms with Crippen LogP contribution in [0.1, 0.15) is 37.1 Å². The summed E-state index contributed by atoms with van der Waals surface area (Å²) in [7, 11) is 1.92. The summed E-state index contributed by atoms with van der Waals surface area (Å²) >= 11 is 0. The monoisotopic (exact) mass is 454 g/mol. The number of nitriles is 1. The van der Waals surface area contributed by atoms with Crippen LogP contribution in [0.5, 0.6) is 0 Å². The number of aromatic nitrogens is 5. The number of nitrogens with zero attached hydrogens (tertiary/aromatic N) is 7. The van der Waals surface area contributed by atoms with Crippen molar-refractivity contribution in [3.8, 4) is 11.9 Å². The van der Waals surface area contributed by atoms with Crippen molar-refractivity contribution in [3.05, 3.63) is 60.0 Å². The Balaban J connectivity index is 1.51. The zero-order valence-corrected chi connectivity index (χ0v) is 19.4. The van der Waals surface area contributed by atoms with Gasteiger partial charge in [0.2, 0.25) is 0 Å². The molecule has 0 bridgehead atoms. The average Bonchev–Trinajstić information content (AvgIpc) is 3.48. The molecular formula is C25H26N8O. The van der Waals surface area contributed by atoms with Crippen molar-refractivity contribution in [3.63, 3.8) is 0 Å². The van der Waals surface area contributed by atoms with Crippen LogP contribution in [0.25, 0.3) is 16.9 Å². The van der Waals surface area contributed by atoms with E-state index in [4.69, 9.17) is 4.98 Å². The average molecular weight is 455 g/mol. The quantitative estimate of drug-likeness (QED) is 0.430. The van der Waals surface area contributed by atoms with Gasteiger partial charge in [-0.1, -0.05) is 0 Å². The summed E-state index contributed by atoms with van der Waals surface area (Å²) in [6.45, 7) is 4.20. The number of hydrogen-bond donors (Lipinski definition) is 2. The molecule has 0 aliphatic heterocycles. The number of aliphatic hydroxyl groups excluding tert-OH is 1. The molecule has 1 atom stereocenters. The van der Waals surface area contributed by atoms with E-state index < -0.39 is 6.10 Å². The number of fused-ring (bicyclic) bond motifs is 1. The maximum atomic E-state index is 10.3. The van der Waals surface area contributed by atoms with Gasteiger partial charge in [0.25, 0.3) is 0 Å². The minimum absolute atomic E-state index is 0.316. The van der Waals surface area contributed by atoms with Crippen LogP contribution in [0.3, 0.4) is 0 Å². The number of anilines is 3. The molecule has 2 N–H and O–H groups in total. The Morgan fingerprint density at radius 1 is 1.21 bits per heavy atom. The minimum Gasteiger partial charge on any atom is -0.389 e. The van der Waals surface area contributed by atoms with Crippen LogP contribution < -0.4 is 10.2 Å². The summed E-state index contributed by atoms with van der Waals surface area (Å²) < 4.78 is 1.92. The third kappa shape index (κ3) is 4.16. The van der Waals surface area contributed by atoms with Crippen LogP contribution in [0, 0.1) is 23.7 Å². The Hall–Kier alpha value is -4.03. The lowest BCUT2D eigenvalue weighted by atomic mass is 10.1. The van der Waals surface area contributed by atoms with Crippen LogP contribution in [0.4, 0.5) is 17.3 Å². The molecule has 34 heavy (non-hydrogen) atoms. The van der Waals surface area contributed by atoms with Crippen LogP contribution in [0.15, 0.2) is 48.8 Å². The largest absolute Gasteiger partial charge is 0.389 e. The zero-order chi connectivity index (χ0) is 23.9. The molecule has 1 unspecified atom stereocenters. The van der Waals surface area contributed by atoms with Gasteiger partial charge >= 0.3 is 0 Å². The molecule has 0 spiro atoms. The molecule has 1 aromatic carbocycles. The zero-order valence-electron chi connectivity index (χ0n) is 19.4. The molecule has 4 aromatic rings. The second-order valence-electron chi connectivity index (χ2n) is 9.01. The van der Waals surface area contributed by atoms with Crippen LogP contribution in [0.2, 0.25) is 0 Å². The van der Waals surface area contributed by atoms with E-state index >= 15 is 0 Å². The molecule has 9 nitrogen and oxygen atoms in total. The SMILES string of the molecule is Cc1ccc(Nc2ccc3ncn(-c4ccc(C(C)O)c(N(C)CC5(C#N)CC5)n4)c3c2)nn1. The summed E-state index contributed by atoms with van der Waals surface area (Å²) in [5, 5.41) is 31.4. The lowest BCUT2D eigenvalue weighted by Crippen LogP contribution is -2.28. The summed E-state index contributed by atoms with van der Waals surface area (Å²) in [4.78, 5) is 11.4. The molecule has 1 fully saturated rings. The predicted octanol–water partition coefficient (Wildman–Crippen LogP) is 4.06. The van der Waals surface area contributed by atoms with Crippen molar-refractivity contribution >= 4 is 28.4 Å². The van der Waals surface area contributed by atoms with E-state index in [0.29, 0.717) is 24.0 Å². The lowest BCUT2D eigenvalue weighted by molar-refractivity contribution is 0.199. The second kappa shape index (κ2) is 8.39. The highest BCUT2D eigenvalue weighted by atomic mass is 16.3. The fourth-order valence-corrected chi connectivity index (χ4v) is 4.08. The minimum atomic E-state index is -0.679. The maximum Gasteiger partial charge on any atom is 0.153 e. The van der Waals surface area contributed by atoms with Gasteiger partial charge in [-0.05, 0) is 69.2 Å². The molecule has 1 aliphatic rings. The van der Waals surface area contributed by atoms with E-state index in [0.717, 1.165) is 40.8 Å². The van der Waals surface area contributed by atoms with Crippen LogP contribution in [-0.2, 0) is 0 Å². The number of benzene rings is 1. The maximum absolute atomic E-state index is 10.3. The highest BCUT2D eigenvalue weighted by Crippen LogP contribution is 2.46. The molecule has 1 saturated carbocycles. The van der Waals surface area contributed by atoms with Crippen LogP contribution in [-0.4, -0.2) is 43.4 Å². The first kappa shape index (κ1) is 21.8. The Morgan fingerprint density at radius 3 is 2.71 bits per heavy atom. The first-order chi connectivity index (χ1) is 16.4. The van der Waals surface area contributed by atoms with Crippen molar-refractivity contribution in [1.82, 2.24) is 24.7 Å². The Bertz CT molecular complexity index is 1380. The van der Waals surface area contributed by atoms with Crippen LogP contribution >= 0.6 is 0 Å². The van der Waals surface area contributed by atoms with E-state index in [1.54, 1.807) is 13.3 Å². The third-order valence-electron chi connectivity index (χ3n) is 6.20. The smallest absolute Gasteiger partial charge is 0.153 e. The van der Waals surface area contributed by atoms with E-state index in [9.17, 15) is 10.4 Å². The van der Waals surface area contributed by atoms with Gasteiger partial charge in [-0.15, -0.1) is 5.10 Å². The fraction of sp³-hybridized carbons (Fsp3) is 0.320. The molecule has 0 radical (unpaired) electrons. The lowest BCUT2D eigenvalue weighted by Gasteiger charge is -2.25. The molecule has 0 saturated heterocycles. The highest BCUT2D eigenvalue weighted by molar-refractivity contribution is 5.82. The second-order valence-corrected chi connectivity index (χ2v) is 9.01. The Labute approximate surface area is 197 Å². The third-order valence-corrected chi connectivity index (χ3v) is 6.20. The predicted molar refractivity (Wildman–Crippen MR) is 130 cm³/mol. The van der Waals surface area contributed by atoms with Gasteiger partial charge in [0.1, 0.15) is 18.0 Å². The van der Waals surface area contributed by atoms with Gasteiger partial charge in [0.15, 0.2) is 5.82 Å². The number of rotatable bonds is 7. The number of imidazole rings is 1. The molecule has 3 heterocycles. The number of hydrogen-bond acceptors (Lipinski definition) is 8. The Morgan fingerprint density at radius 2 is 2.03 bits per heavy atom. The van der Waals surface area contributed by atoms with Gasteiger partial charge in [-0.2, -0.15) is 10.4 Å². The topological polar surface area (TPSA) is 116 Å². The van der Waals surface area contributed by atoms with Gasteiger partial charge in [0.05, 0.1) is 34.3 Å². The Kier molecular flexibility index (Phi) is 5.38. The summed E-state index contributed by atoms with van der Waals surface area (Å²) in [6, 6.07) is 15.9. The van der Waals surface area contributed by atoms with Crippen molar-refractivity contribution in [2.24, 2.45) is 5.41 Å². The molecular weight excluding hydrogens is 428 g/mol. The number of pyridine rings is 1. The summed E-state index contributed by atoms with van der Waals surface area (Å²) in [5.74, 6) is 2.01. The molecule has 3 aromatic heterocycles. The van der Waals surface area contributed by atoms with Crippen molar-refractivity contribution < 1.29 is 5.11 Å². The summed E-state index contributed by atoms with van der Waals surface area (Å²) in [6.07, 6.45) is 2.85. The number of aliphatic hydroxyl groups is 1. The van der Waals surface area contributed by atoms with Gasteiger partial charge in [0, 0.05) is 24.8 Å². The van der Waals surface area contributed by atoms with E-state index in [2.05, 4.69) is 26.6 Å². The van der Waals surface area contributed by atoms with Gasteiger partial charge in [-0.3, -0.25) is 4.57 Å². The van der Waals surface area contributed by atoms with E-state index in [1.807, 2.05) is 65.9 Å². The van der Waals surface area contributed by atoms with E-state index in [1.165, 1.54) is 0 Å². The molecule has 1 aliphatic carbocycles. The van der Waals surface area contributed by atoms with E-state index in [-0.39, 0.29) is 5.41 Å². The van der Waals surface area contributed by atoms with Crippen molar-refractivity contribution in [1.29, 1.82) is 5.26 Å². The first-order valence-electron chi connectivity index (χ1n) is 11.2.